The lowest BCUT2D eigenvalue weighted by Crippen LogP contribution is -2.40. The molecule has 0 bridgehead atoms. The van der Waals surface area contributed by atoms with E-state index in [0.717, 1.165) is 50.3 Å². The van der Waals surface area contributed by atoms with Crippen LogP contribution in [0.1, 0.15) is 44.3 Å². The molecule has 1 aromatic heterocycles. The molecule has 6 heteroatoms. The molecule has 0 aromatic carbocycles. The fraction of sp³-hybridized carbons (Fsp3) is 0.765. The summed E-state index contributed by atoms with van der Waals surface area (Å²) in [6, 6.07) is 0. The number of guanidine groups is 1. The molecule has 0 radical (unpaired) electrons. The summed E-state index contributed by atoms with van der Waals surface area (Å²) in [6.45, 7) is 9.97. The molecule has 1 aromatic rings. The smallest absolute Gasteiger partial charge is 0.193 e. The second-order valence-corrected chi connectivity index (χ2v) is 7.48. The third kappa shape index (κ3) is 6.57. The molecule has 0 saturated carbocycles. The van der Waals surface area contributed by atoms with Gasteiger partial charge >= 0.3 is 0 Å². The highest BCUT2D eigenvalue weighted by Gasteiger charge is 2.25. The van der Waals surface area contributed by atoms with E-state index >= 15 is 0 Å². The van der Waals surface area contributed by atoms with E-state index in [0.29, 0.717) is 0 Å². The van der Waals surface area contributed by atoms with E-state index in [1.807, 2.05) is 7.05 Å². The van der Waals surface area contributed by atoms with Gasteiger partial charge in [0, 0.05) is 38.5 Å². The molecule has 1 N–H and O–H groups in total. The van der Waals surface area contributed by atoms with E-state index in [-0.39, 0.29) is 24.0 Å². The molecule has 1 atom stereocenters. The van der Waals surface area contributed by atoms with Crippen molar-refractivity contribution < 1.29 is 0 Å². The lowest BCUT2D eigenvalue weighted by molar-refractivity contribution is 0.403. The quantitative estimate of drug-likeness (QED) is 0.407. The lowest BCUT2D eigenvalue weighted by Gasteiger charge is -2.22. The zero-order valence-electron chi connectivity index (χ0n) is 14.8. The van der Waals surface area contributed by atoms with E-state index in [9.17, 15) is 0 Å². The van der Waals surface area contributed by atoms with Crippen molar-refractivity contribution in [1.82, 2.24) is 15.2 Å². The molecule has 0 aliphatic carbocycles. The molecule has 2 heterocycles. The largest absolute Gasteiger partial charge is 0.356 e. The van der Waals surface area contributed by atoms with E-state index < -0.39 is 0 Å². The second-order valence-electron chi connectivity index (χ2n) is 6.54. The average Bonchev–Trinajstić information content (AvgIpc) is 3.12. The van der Waals surface area contributed by atoms with E-state index in [2.05, 4.69) is 46.3 Å². The van der Waals surface area contributed by atoms with Gasteiger partial charge in [-0.05, 0) is 31.1 Å². The third-order valence-corrected chi connectivity index (χ3v) is 5.21. The highest BCUT2D eigenvalue weighted by molar-refractivity contribution is 14.0. The van der Waals surface area contributed by atoms with Gasteiger partial charge in [0.05, 0.1) is 10.7 Å². The molecule has 0 amide bonds. The Hall–Kier alpha value is -0.370. The minimum atomic E-state index is 0. The number of rotatable bonds is 6. The Bertz CT molecular complexity index is 487. The Morgan fingerprint density at radius 3 is 2.91 bits per heavy atom. The van der Waals surface area contributed by atoms with Crippen molar-refractivity contribution in [3.63, 3.8) is 0 Å². The summed E-state index contributed by atoms with van der Waals surface area (Å²) in [5.74, 6) is 2.67. The van der Waals surface area contributed by atoms with Gasteiger partial charge in [0.1, 0.15) is 0 Å². The molecular formula is C17H31IN4S. The van der Waals surface area contributed by atoms with Gasteiger partial charge in [0.25, 0.3) is 0 Å². The monoisotopic (exact) mass is 450 g/mol. The van der Waals surface area contributed by atoms with Gasteiger partial charge in [-0.1, -0.05) is 20.8 Å². The molecule has 1 fully saturated rings. The van der Waals surface area contributed by atoms with Crippen LogP contribution >= 0.6 is 35.3 Å². The van der Waals surface area contributed by atoms with Crippen molar-refractivity contribution in [2.75, 3.05) is 26.7 Å². The number of aryl methyl sites for hydroxylation is 1. The summed E-state index contributed by atoms with van der Waals surface area (Å²) in [6.07, 6.45) is 4.63. The fourth-order valence-corrected chi connectivity index (χ4v) is 3.92. The number of likely N-dealkylation sites (tertiary alicyclic amines) is 1. The Labute approximate surface area is 162 Å². The second kappa shape index (κ2) is 10.5. The van der Waals surface area contributed by atoms with Crippen LogP contribution in [-0.2, 0) is 12.8 Å². The van der Waals surface area contributed by atoms with E-state index in [1.54, 1.807) is 11.3 Å². The van der Waals surface area contributed by atoms with Crippen molar-refractivity contribution in [2.45, 2.75) is 46.5 Å². The number of hydrogen-bond donors (Lipinski definition) is 1. The first-order valence-electron chi connectivity index (χ1n) is 8.51. The predicted molar refractivity (Wildman–Crippen MR) is 111 cm³/mol. The summed E-state index contributed by atoms with van der Waals surface area (Å²) >= 11 is 1.77. The number of nitrogens with one attached hydrogen (secondary N) is 1. The predicted octanol–water partition coefficient (Wildman–Crippen LogP) is 3.81. The van der Waals surface area contributed by atoms with Crippen molar-refractivity contribution in [3.8, 4) is 0 Å². The number of halogens is 1. The molecule has 132 valence electrons. The Morgan fingerprint density at radius 1 is 1.52 bits per heavy atom. The fourth-order valence-electron chi connectivity index (χ4n) is 3.14. The van der Waals surface area contributed by atoms with Crippen LogP contribution < -0.4 is 5.32 Å². The van der Waals surface area contributed by atoms with Gasteiger partial charge in [0.15, 0.2) is 5.96 Å². The Balaban J connectivity index is 0.00000264. The van der Waals surface area contributed by atoms with Crippen LogP contribution in [0.4, 0.5) is 0 Å². The maximum absolute atomic E-state index is 4.62. The van der Waals surface area contributed by atoms with Gasteiger partial charge in [-0.3, -0.25) is 4.99 Å². The zero-order valence-corrected chi connectivity index (χ0v) is 18.0. The first-order chi connectivity index (χ1) is 10.6. The summed E-state index contributed by atoms with van der Waals surface area (Å²) in [5, 5.41) is 6.91. The average molecular weight is 450 g/mol. The van der Waals surface area contributed by atoms with Crippen LogP contribution in [0.3, 0.4) is 0 Å². The summed E-state index contributed by atoms with van der Waals surface area (Å²) in [5.41, 5.74) is 1.20. The molecule has 0 spiro atoms. The van der Waals surface area contributed by atoms with Crippen LogP contribution in [0.5, 0.6) is 0 Å². The van der Waals surface area contributed by atoms with Crippen molar-refractivity contribution in [2.24, 2.45) is 16.8 Å². The Kier molecular flexibility index (Phi) is 9.43. The maximum Gasteiger partial charge on any atom is 0.193 e. The standard InChI is InChI=1S/C17H30N4S.HI/c1-5-16-20-15(12-22-16)6-8-19-17(18-4)21-9-7-14(11-21)10-13(2)3;/h12-14H,5-11H2,1-4H3,(H,18,19);1H. The van der Waals surface area contributed by atoms with Gasteiger partial charge in [-0.2, -0.15) is 0 Å². The minimum absolute atomic E-state index is 0. The number of hydrogen-bond acceptors (Lipinski definition) is 3. The maximum atomic E-state index is 4.62. The van der Waals surface area contributed by atoms with Gasteiger partial charge < -0.3 is 10.2 Å². The molecular weight excluding hydrogens is 419 g/mol. The molecule has 1 saturated heterocycles. The topological polar surface area (TPSA) is 40.5 Å². The van der Waals surface area contributed by atoms with Gasteiger partial charge in [0.2, 0.25) is 0 Å². The summed E-state index contributed by atoms with van der Waals surface area (Å²) in [7, 11) is 1.89. The van der Waals surface area contributed by atoms with Crippen molar-refractivity contribution in [3.05, 3.63) is 16.1 Å². The Morgan fingerprint density at radius 2 is 2.30 bits per heavy atom. The molecule has 1 aliphatic heterocycles. The normalized spacial score (nSPS) is 18.4. The number of thiazole rings is 1. The van der Waals surface area contributed by atoms with Gasteiger partial charge in [-0.15, -0.1) is 35.3 Å². The summed E-state index contributed by atoms with van der Waals surface area (Å²) in [4.78, 5) is 11.5. The SMILES string of the molecule is CCc1nc(CCNC(=NC)N2CCC(CC(C)C)C2)cs1.I. The van der Waals surface area contributed by atoms with Crippen LogP contribution in [0.25, 0.3) is 0 Å². The third-order valence-electron chi connectivity index (χ3n) is 4.17. The molecule has 4 nitrogen and oxygen atoms in total. The van der Waals surface area contributed by atoms with E-state index in [4.69, 9.17) is 0 Å². The molecule has 2 rings (SSSR count). The van der Waals surface area contributed by atoms with E-state index in [1.165, 1.54) is 23.5 Å². The molecule has 1 aliphatic rings. The van der Waals surface area contributed by atoms with Crippen LogP contribution in [0, 0.1) is 11.8 Å². The first kappa shape index (κ1) is 20.7. The molecule has 1 unspecified atom stereocenters. The van der Waals surface area contributed by atoms with Crippen LogP contribution in [0.2, 0.25) is 0 Å². The lowest BCUT2D eigenvalue weighted by atomic mass is 9.97. The number of aliphatic imine (C=N–C) groups is 1. The highest BCUT2D eigenvalue weighted by Crippen LogP contribution is 2.23. The number of aromatic nitrogens is 1. The van der Waals surface area contributed by atoms with Crippen LogP contribution in [-0.4, -0.2) is 42.5 Å². The summed E-state index contributed by atoms with van der Waals surface area (Å²) < 4.78 is 0. The first-order valence-corrected chi connectivity index (χ1v) is 9.39. The molecule has 23 heavy (non-hydrogen) atoms. The zero-order chi connectivity index (χ0) is 15.9. The minimum Gasteiger partial charge on any atom is -0.356 e. The highest BCUT2D eigenvalue weighted by atomic mass is 127. The van der Waals surface area contributed by atoms with Gasteiger partial charge in [-0.25, -0.2) is 4.98 Å². The number of nitrogens with zero attached hydrogens (tertiary/aromatic N) is 3. The van der Waals surface area contributed by atoms with Crippen molar-refractivity contribution in [1.29, 1.82) is 0 Å². The van der Waals surface area contributed by atoms with Crippen LogP contribution in [0.15, 0.2) is 10.4 Å². The van der Waals surface area contributed by atoms with Crippen molar-refractivity contribution >= 4 is 41.3 Å².